The average Bonchev–Trinajstić information content (AvgIpc) is 3.52. The lowest BCUT2D eigenvalue weighted by atomic mass is 9.36. The summed E-state index contributed by atoms with van der Waals surface area (Å²) in [5, 5.41) is 12.5. The Labute approximate surface area is 382 Å². The maximum absolute atomic E-state index is 14.2. The highest BCUT2D eigenvalue weighted by Gasteiger charge is 2.71. The summed E-state index contributed by atoms with van der Waals surface area (Å²) >= 11 is 0. The van der Waals surface area contributed by atoms with Crippen molar-refractivity contribution in [2.75, 3.05) is 11.5 Å². The molecule has 2 aromatic rings. The Morgan fingerprint density at radius 3 is 2.13 bits per heavy atom. The van der Waals surface area contributed by atoms with E-state index in [-0.39, 0.29) is 76.4 Å². The van der Waals surface area contributed by atoms with Crippen molar-refractivity contribution in [1.29, 1.82) is 0 Å². The van der Waals surface area contributed by atoms with Crippen LogP contribution < -0.4 is 5.48 Å². The molecule has 4 aliphatic rings. The highest BCUT2D eigenvalue weighted by molar-refractivity contribution is 8.76. The zero-order chi connectivity index (χ0) is 45.4. The summed E-state index contributed by atoms with van der Waals surface area (Å²) < 4.78 is 18.4. The number of hydrogen-bond donors (Lipinski definition) is 2. The van der Waals surface area contributed by atoms with E-state index in [9.17, 15) is 24.3 Å². The van der Waals surface area contributed by atoms with Gasteiger partial charge in [-0.25, -0.2) is 10.3 Å². The molecule has 1 amide bonds. The first kappa shape index (κ1) is 48.9. The van der Waals surface area contributed by atoms with Gasteiger partial charge in [-0.2, -0.15) is 0 Å². The minimum Gasteiger partial charge on any atom is -0.462 e. The molecule has 0 aromatic heterocycles. The Bertz CT molecular complexity index is 1970. The molecule has 4 fully saturated rings. The van der Waals surface area contributed by atoms with Gasteiger partial charge in [0, 0.05) is 30.4 Å². The molecule has 4 aliphatic carbocycles. The molecule has 6 rings (SSSR count). The van der Waals surface area contributed by atoms with Crippen LogP contribution in [0.1, 0.15) is 124 Å². The molecule has 344 valence electrons. The summed E-state index contributed by atoms with van der Waals surface area (Å²) in [5.41, 5.74) is 6.02. The van der Waals surface area contributed by atoms with Gasteiger partial charge in [0.15, 0.2) is 0 Å². The second-order valence-corrected chi connectivity index (χ2v) is 22.0. The van der Waals surface area contributed by atoms with Gasteiger partial charge in [0.2, 0.25) is 5.91 Å². The maximum atomic E-state index is 14.2. The molecule has 0 spiro atoms. The lowest BCUT2D eigenvalue weighted by Gasteiger charge is -2.69. The first-order valence-electron chi connectivity index (χ1n) is 22.9. The zero-order valence-electron chi connectivity index (χ0n) is 38.3. The van der Waals surface area contributed by atoms with E-state index in [2.05, 4.69) is 39.3 Å². The number of ether oxygens (including phenoxy) is 3. The fourth-order valence-corrected chi connectivity index (χ4v) is 14.1. The number of hydrogen-bond acceptors (Lipinski definition) is 11. The average molecular weight is 904 g/mol. The summed E-state index contributed by atoms with van der Waals surface area (Å²) in [6.45, 7) is 15.2. The lowest BCUT2D eigenvalue weighted by Crippen LogP contribution is -2.65. The van der Waals surface area contributed by atoms with Gasteiger partial charge in [-0.1, -0.05) is 122 Å². The highest BCUT2D eigenvalue weighted by atomic mass is 33.1. The number of carbonyl (C=O) groups is 4. The van der Waals surface area contributed by atoms with E-state index < -0.39 is 12.2 Å². The smallest absolute Gasteiger partial charge is 0.334 e. The molecule has 0 unspecified atom stereocenters. The van der Waals surface area contributed by atoms with Crippen molar-refractivity contribution in [2.24, 2.45) is 39.9 Å². The van der Waals surface area contributed by atoms with Crippen LogP contribution in [0.2, 0.25) is 0 Å². The molecule has 0 saturated heterocycles. The van der Waals surface area contributed by atoms with Crippen LogP contribution in [0.4, 0.5) is 0 Å². The van der Waals surface area contributed by atoms with Crippen LogP contribution in [0, 0.1) is 39.9 Å². The number of carbonyl (C=O) groups excluding carboxylic acids is 4. The fraction of sp³-hybridized carbons (Fsp3) is 0.608. The van der Waals surface area contributed by atoms with Crippen LogP contribution in [0.3, 0.4) is 0 Å². The Morgan fingerprint density at radius 1 is 0.825 bits per heavy atom. The van der Waals surface area contributed by atoms with E-state index in [4.69, 9.17) is 19.0 Å². The van der Waals surface area contributed by atoms with E-state index in [1.165, 1.54) is 6.92 Å². The van der Waals surface area contributed by atoms with Crippen molar-refractivity contribution in [3.8, 4) is 0 Å². The second-order valence-electron chi connectivity index (χ2n) is 19.3. The summed E-state index contributed by atoms with van der Waals surface area (Å²) in [6.07, 6.45) is 6.81. The number of allylic oxidation sites excluding steroid dienone is 2. The first-order chi connectivity index (χ1) is 30.1. The standard InChI is InChI=1S/C51H69NO9S2/c1-33(2)15-14-20-38(48(57)58-31-36-16-10-8-11-17-36)46-40-29-41(54)47-49(5)25-22-42(34(3)39(49)21-26-50(47,6)51(40,7)30-43(46)60-35(4)53)61-45(56)24-28-63-62-27-23-44(55)52-59-32-37-18-12-9-13-19-37/h8-13,15-19,34,39-43,47,54H,14,20-32H2,1-7H3,(H,52,55)/b46-38-/t34-,39-,40-,41+,42+,43-,47-,49-,50-,51-/m0/s1. The second kappa shape index (κ2) is 21.6. The monoisotopic (exact) mass is 903 g/mol. The van der Waals surface area contributed by atoms with Crippen LogP contribution >= 0.6 is 21.6 Å². The quantitative estimate of drug-likeness (QED) is 0.0281. The number of rotatable bonds is 18. The normalized spacial score (nSPS) is 31.7. The molecule has 0 aliphatic heterocycles. The molecular weight excluding hydrogens is 835 g/mol. The van der Waals surface area contributed by atoms with Gasteiger partial charge in [0.25, 0.3) is 0 Å². The Morgan fingerprint density at radius 2 is 1.48 bits per heavy atom. The SMILES string of the molecule is CC(=O)O[C@H]1C[C@@]2(C)[C@@H](C[C@@H](O)[C@H]3[C@@]4(C)CC[C@@H](OC(=O)CCSSCCC(=O)NOCc5ccccc5)[C@@H](C)[C@@H]4CC[C@@]32C)/C1=C(\CCC=C(C)C)C(=O)OCc1ccccc1. The van der Waals surface area contributed by atoms with Crippen LogP contribution in [0.5, 0.6) is 0 Å². The topological polar surface area (TPSA) is 137 Å². The van der Waals surface area contributed by atoms with E-state index in [1.54, 1.807) is 21.6 Å². The zero-order valence-corrected chi connectivity index (χ0v) is 40.0. The summed E-state index contributed by atoms with van der Waals surface area (Å²) in [7, 11) is 3.12. The molecule has 2 N–H and O–H groups in total. The van der Waals surface area contributed by atoms with Crippen molar-refractivity contribution < 1.29 is 43.3 Å². The summed E-state index contributed by atoms with van der Waals surface area (Å²) in [4.78, 5) is 57.7. The Balaban J connectivity index is 1.09. The van der Waals surface area contributed by atoms with Gasteiger partial charge in [-0.05, 0) is 122 Å². The molecule has 2 aromatic carbocycles. The third-order valence-electron chi connectivity index (χ3n) is 15.2. The number of nitrogens with one attached hydrogen (secondary N) is 1. The number of amides is 1. The number of aliphatic hydroxyl groups is 1. The molecule has 0 bridgehead atoms. The summed E-state index contributed by atoms with van der Waals surface area (Å²) in [5.74, 6) is 0.200. The number of benzene rings is 2. The molecule has 0 radical (unpaired) electrons. The first-order valence-corrected chi connectivity index (χ1v) is 25.4. The van der Waals surface area contributed by atoms with E-state index in [1.807, 2.05) is 74.5 Å². The molecule has 0 heterocycles. The van der Waals surface area contributed by atoms with Crippen molar-refractivity contribution in [1.82, 2.24) is 5.48 Å². The van der Waals surface area contributed by atoms with Crippen molar-refractivity contribution in [3.63, 3.8) is 0 Å². The number of aliphatic hydroxyl groups excluding tert-OH is 1. The van der Waals surface area contributed by atoms with Crippen LogP contribution in [0.25, 0.3) is 0 Å². The van der Waals surface area contributed by atoms with Gasteiger partial charge >= 0.3 is 17.9 Å². The van der Waals surface area contributed by atoms with E-state index >= 15 is 0 Å². The Kier molecular flexibility index (Phi) is 16.8. The van der Waals surface area contributed by atoms with Gasteiger partial charge < -0.3 is 19.3 Å². The summed E-state index contributed by atoms with van der Waals surface area (Å²) in [6, 6.07) is 19.3. The third kappa shape index (κ3) is 11.3. The minimum atomic E-state index is -0.639. The molecule has 63 heavy (non-hydrogen) atoms. The number of fused-ring (bicyclic) bond motifs is 5. The van der Waals surface area contributed by atoms with Crippen LogP contribution in [-0.2, 0) is 51.4 Å². The van der Waals surface area contributed by atoms with Crippen molar-refractivity contribution in [2.45, 2.75) is 144 Å². The van der Waals surface area contributed by atoms with Gasteiger partial charge in [0.1, 0.15) is 18.8 Å². The fourth-order valence-electron chi connectivity index (χ4n) is 12.2. The van der Waals surface area contributed by atoms with Gasteiger partial charge in [-0.3, -0.25) is 19.2 Å². The molecule has 12 heteroatoms. The van der Waals surface area contributed by atoms with Gasteiger partial charge in [0.05, 0.1) is 19.1 Å². The molecule has 10 atom stereocenters. The predicted molar refractivity (Wildman–Crippen MR) is 249 cm³/mol. The molecular formula is C51H69NO9S2. The highest BCUT2D eigenvalue weighted by Crippen LogP contribution is 2.74. The van der Waals surface area contributed by atoms with E-state index in [0.717, 1.165) is 48.0 Å². The number of hydroxylamine groups is 1. The van der Waals surface area contributed by atoms with Crippen molar-refractivity contribution >= 4 is 45.4 Å². The van der Waals surface area contributed by atoms with Gasteiger partial charge in [-0.15, -0.1) is 0 Å². The lowest BCUT2D eigenvalue weighted by molar-refractivity contribution is -0.236. The third-order valence-corrected chi connectivity index (χ3v) is 17.6. The maximum Gasteiger partial charge on any atom is 0.334 e. The Hall–Kier alpha value is -3.58. The van der Waals surface area contributed by atoms with Crippen LogP contribution in [-0.4, -0.2) is 58.7 Å². The predicted octanol–water partition coefficient (Wildman–Crippen LogP) is 10.3. The van der Waals surface area contributed by atoms with Crippen molar-refractivity contribution in [3.05, 3.63) is 94.6 Å². The minimum absolute atomic E-state index is 0.0356. The largest absolute Gasteiger partial charge is 0.462 e. The molecule has 4 saturated carbocycles. The number of esters is 3. The molecule has 10 nitrogen and oxygen atoms in total. The van der Waals surface area contributed by atoms with E-state index in [0.29, 0.717) is 62.2 Å². The van der Waals surface area contributed by atoms with Crippen LogP contribution in [0.15, 0.2) is 83.5 Å².